The highest BCUT2D eigenvalue weighted by Crippen LogP contribution is 2.40. The zero-order chi connectivity index (χ0) is 20.5. The number of amides is 2. The van der Waals surface area contributed by atoms with Crippen LogP contribution in [0, 0.1) is 0 Å². The van der Waals surface area contributed by atoms with E-state index in [0.29, 0.717) is 12.1 Å². The van der Waals surface area contributed by atoms with E-state index >= 15 is 0 Å². The van der Waals surface area contributed by atoms with Crippen LogP contribution in [0.3, 0.4) is 0 Å². The van der Waals surface area contributed by atoms with Gasteiger partial charge in [-0.2, -0.15) is 0 Å². The van der Waals surface area contributed by atoms with Crippen LogP contribution in [0.2, 0.25) is 0 Å². The number of carbonyl (C=O) groups excluding carboxylic acids is 2. The number of ether oxygens (including phenoxy) is 2. The summed E-state index contributed by atoms with van der Waals surface area (Å²) in [6.07, 6.45) is 2.64. The van der Waals surface area contributed by atoms with Crippen molar-refractivity contribution >= 4 is 17.5 Å². The number of carbonyl (C=O) groups is 2. The molecule has 1 atom stereocenters. The summed E-state index contributed by atoms with van der Waals surface area (Å²) in [5.74, 6) is 1.53. The van der Waals surface area contributed by atoms with Crippen molar-refractivity contribution in [2.75, 3.05) is 32.2 Å². The van der Waals surface area contributed by atoms with Gasteiger partial charge >= 0.3 is 0 Å². The lowest BCUT2D eigenvalue weighted by molar-refractivity contribution is -0.116. The lowest BCUT2D eigenvalue weighted by atomic mass is 10.0. The predicted octanol–water partition coefficient (Wildman–Crippen LogP) is 3.59. The molecule has 2 aliphatic rings. The van der Waals surface area contributed by atoms with Crippen LogP contribution in [0.15, 0.2) is 36.4 Å². The summed E-state index contributed by atoms with van der Waals surface area (Å²) in [5.41, 5.74) is 3.66. The van der Waals surface area contributed by atoms with Gasteiger partial charge in [-0.1, -0.05) is 0 Å². The Bertz CT molecular complexity index is 956. The highest BCUT2D eigenvalue weighted by atomic mass is 16.5. The zero-order valence-electron chi connectivity index (χ0n) is 17.1. The molecule has 0 N–H and O–H groups in total. The van der Waals surface area contributed by atoms with Crippen molar-refractivity contribution in [3.8, 4) is 11.5 Å². The van der Waals surface area contributed by atoms with E-state index in [9.17, 15) is 9.59 Å². The van der Waals surface area contributed by atoms with E-state index in [-0.39, 0.29) is 17.9 Å². The lowest BCUT2D eigenvalue weighted by Gasteiger charge is -2.27. The zero-order valence-corrected chi connectivity index (χ0v) is 17.1. The molecule has 4 rings (SSSR count). The van der Waals surface area contributed by atoms with Crippen LogP contribution in [-0.4, -0.2) is 44.0 Å². The minimum Gasteiger partial charge on any atom is -0.497 e. The van der Waals surface area contributed by atoms with Crippen LogP contribution in [0.1, 0.15) is 47.3 Å². The monoisotopic (exact) mass is 394 g/mol. The Morgan fingerprint density at radius 2 is 1.86 bits per heavy atom. The van der Waals surface area contributed by atoms with Crippen LogP contribution < -0.4 is 14.4 Å². The van der Waals surface area contributed by atoms with E-state index in [1.807, 2.05) is 41.3 Å². The molecule has 2 amide bonds. The minimum absolute atomic E-state index is 0.0226. The Morgan fingerprint density at radius 1 is 1.03 bits per heavy atom. The molecule has 0 aliphatic carbocycles. The van der Waals surface area contributed by atoms with Gasteiger partial charge in [-0.25, -0.2) is 0 Å². The van der Waals surface area contributed by atoms with Gasteiger partial charge in [-0.3, -0.25) is 9.59 Å². The fourth-order valence-corrected chi connectivity index (χ4v) is 4.45. The van der Waals surface area contributed by atoms with Crippen molar-refractivity contribution in [2.45, 2.75) is 32.2 Å². The van der Waals surface area contributed by atoms with Crippen LogP contribution in [0.4, 0.5) is 5.69 Å². The van der Waals surface area contributed by atoms with Crippen molar-refractivity contribution in [3.05, 3.63) is 53.1 Å². The minimum atomic E-state index is -0.0228. The summed E-state index contributed by atoms with van der Waals surface area (Å²) < 4.78 is 10.9. The number of benzene rings is 2. The molecule has 2 aliphatic heterocycles. The van der Waals surface area contributed by atoms with E-state index < -0.39 is 0 Å². The summed E-state index contributed by atoms with van der Waals surface area (Å²) in [7, 11) is 3.27. The van der Waals surface area contributed by atoms with Crippen molar-refractivity contribution in [1.29, 1.82) is 0 Å². The van der Waals surface area contributed by atoms with Crippen molar-refractivity contribution in [3.63, 3.8) is 0 Å². The first-order valence-electron chi connectivity index (χ1n) is 9.97. The fourth-order valence-electron chi connectivity index (χ4n) is 4.45. The van der Waals surface area contributed by atoms with Gasteiger partial charge in [0.05, 0.1) is 20.3 Å². The van der Waals surface area contributed by atoms with E-state index in [1.165, 1.54) is 0 Å². The van der Waals surface area contributed by atoms with Crippen molar-refractivity contribution in [1.82, 2.24) is 4.90 Å². The molecule has 29 heavy (non-hydrogen) atoms. The van der Waals surface area contributed by atoms with Gasteiger partial charge in [-0.05, 0) is 55.2 Å². The molecule has 6 nitrogen and oxygen atoms in total. The highest BCUT2D eigenvalue weighted by Gasteiger charge is 2.33. The number of rotatable bonds is 4. The number of hydrogen-bond acceptors (Lipinski definition) is 4. The molecule has 0 radical (unpaired) electrons. The number of methoxy groups -OCH3 is 2. The Hall–Kier alpha value is -3.02. The summed E-state index contributed by atoms with van der Waals surface area (Å²) in [4.78, 5) is 28.8. The van der Waals surface area contributed by atoms with Gasteiger partial charge < -0.3 is 19.3 Å². The van der Waals surface area contributed by atoms with Crippen LogP contribution in [0.25, 0.3) is 0 Å². The van der Waals surface area contributed by atoms with E-state index in [4.69, 9.17) is 9.47 Å². The number of fused-ring (bicyclic) bond motifs is 1. The Morgan fingerprint density at radius 3 is 2.59 bits per heavy atom. The summed E-state index contributed by atoms with van der Waals surface area (Å²) >= 11 is 0. The highest BCUT2D eigenvalue weighted by molar-refractivity contribution is 5.98. The van der Waals surface area contributed by atoms with Gasteiger partial charge in [0.1, 0.15) is 11.5 Å². The second kappa shape index (κ2) is 7.78. The molecule has 152 valence electrons. The Labute approximate surface area is 171 Å². The first-order chi connectivity index (χ1) is 14.0. The van der Waals surface area contributed by atoms with E-state index in [2.05, 4.69) is 0 Å². The number of nitrogens with zero attached hydrogens (tertiary/aromatic N) is 2. The molecular formula is C23H26N2O4. The topological polar surface area (TPSA) is 59.1 Å². The second-order valence-electron chi connectivity index (χ2n) is 7.53. The van der Waals surface area contributed by atoms with Gasteiger partial charge in [0.15, 0.2) is 0 Å². The van der Waals surface area contributed by atoms with E-state index in [1.54, 1.807) is 26.0 Å². The van der Waals surface area contributed by atoms with Gasteiger partial charge in [0.2, 0.25) is 5.91 Å². The number of anilines is 1. The van der Waals surface area contributed by atoms with Crippen molar-refractivity contribution < 1.29 is 19.1 Å². The molecule has 2 heterocycles. The molecule has 2 aromatic rings. The average molecular weight is 394 g/mol. The third-order valence-corrected chi connectivity index (χ3v) is 5.92. The maximum atomic E-state index is 13.3. The maximum Gasteiger partial charge on any atom is 0.254 e. The van der Waals surface area contributed by atoms with Crippen molar-refractivity contribution in [2.24, 2.45) is 0 Å². The molecule has 0 spiro atoms. The standard InChI is InChI=1S/C23H26N2O4/c1-15(26)24-12-10-16-13-17(6-9-20(16)24)23(27)25-11-4-5-21(25)19-8-7-18(28-2)14-22(19)29-3/h6-9,13-14,21H,4-5,10-12H2,1-3H3. The molecule has 6 heteroatoms. The molecular weight excluding hydrogens is 368 g/mol. The molecule has 2 aromatic carbocycles. The van der Waals surface area contributed by atoms with Crippen LogP contribution in [-0.2, 0) is 11.2 Å². The first-order valence-corrected chi connectivity index (χ1v) is 9.97. The molecule has 1 unspecified atom stereocenters. The Balaban J connectivity index is 1.62. The SMILES string of the molecule is COc1ccc(C2CCCN2C(=O)c2ccc3c(c2)CCN3C(C)=O)c(OC)c1. The molecule has 0 aromatic heterocycles. The van der Waals surface area contributed by atoms with Crippen LogP contribution >= 0.6 is 0 Å². The van der Waals surface area contributed by atoms with Gasteiger partial charge in [0, 0.05) is 42.9 Å². The first kappa shape index (κ1) is 19.3. The fraction of sp³-hybridized carbons (Fsp3) is 0.391. The predicted molar refractivity (Wildman–Crippen MR) is 111 cm³/mol. The molecule has 0 saturated carbocycles. The number of likely N-dealkylation sites (tertiary alicyclic amines) is 1. The van der Waals surface area contributed by atoms with E-state index in [0.717, 1.165) is 54.1 Å². The molecule has 1 fully saturated rings. The van der Waals surface area contributed by atoms with Gasteiger partial charge in [0.25, 0.3) is 5.91 Å². The van der Waals surface area contributed by atoms with Crippen LogP contribution in [0.5, 0.6) is 11.5 Å². The summed E-state index contributed by atoms with van der Waals surface area (Å²) in [6.45, 7) is 2.97. The third-order valence-electron chi connectivity index (χ3n) is 5.92. The third kappa shape index (κ3) is 3.43. The largest absolute Gasteiger partial charge is 0.497 e. The van der Waals surface area contributed by atoms with Gasteiger partial charge in [-0.15, -0.1) is 0 Å². The second-order valence-corrected chi connectivity index (χ2v) is 7.53. The number of hydrogen-bond donors (Lipinski definition) is 0. The normalized spacial score (nSPS) is 18.0. The molecule has 0 bridgehead atoms. The maximum absolute atomic E-state index is 13.3. The summed E-state index contributed by atoms with van der Waals surface area (Å²) in [5, 5.41) is 0. The Kier molecular flexibility index (Phi) is 5.18. The molecule has 1 saturated heterocycles. The summed E-state index contributed by atoms with van der Waals surface area (Å²) in [6, 6.07) is 11.4. The average Bonchev–Trinajstić information content (AvgIpc) is 3.39. The quantitative estimate of drug-likeness (QED) is 0.795. The lowest BCUT2D eigenvalue weighted by Crippen LogP contribution is -2.31. The smallest absolute Gasteiger partial charge is 0.254 e.